The van der Waals surface area contributed by atoms with Gasteiger partial charge in [0, 0.05) is 36.6 Å². The summed E-state index contributed by atoms with van der Waals surface area (Å²) in [5.74, 6) is 0. The molecule has 0 fully saturated rings. The molecule has 0 aromatic heterocycles. The van der Waals surface area contributed by atoms with Gasteiger partial charge in [-0.1, -0.05) is 24.3 Å². The highest BCUT2D eigenvalue weighted by Gasteiger charge is 2.15. The van der Waals surface area contributed by atoms with Crippen LogP contribution in [0.25, 0.3) is 10.8 Å². The van der Waals surface area contributed by atoms with Crippen molar-refractivity contribution in [1.82, 2.24) is 0 Å². The highest BCUT2D eigenvalue weighted by Crippen LogP contribution is 2.29. The molecule has 0 bridgehead atoms. The molecule has 0 aliphatic heterocycles. The summed E-state index contributed by atoms with van der Waals surface area (Å²) < 4.78 is 22.9. The molecule has 0 saturated carbocycles. The SMILES string of the molecule is CN(C)c1c[c]c(S(N)(=O)=O)c2ccccc12. The van der Waals surface area contributed by atoms with Crippen LogP contribution in [0.3, 0.4) is 0 Å². The van der Waals surface area contributed by atoms with Crippen molar-refractivity contribution in [2.45, 2.75) is 4.90 Å². The highest BCUT2D eigenvalue weighted by molar-refractivity contribution is 7.89. The number of anilines is 1. The summed E-state index contributed by atoms with van der Waals surface area (Å²) in [4.78, 5) is 1.95. The van der Waals surface area contributed by atoms with Gasteiger partial charge in [-0.05, 0) is 6.07 Å². The molecule has 89 valence electrons. The van der Waals surface area contributed by atoms with Crippen molar-refractivity contribution in [2.24, 2.45) is 5.14 Å². The van der Waals surface area contributed by atoms with Crippen LogP contribution in [0.4, 0.5) is 5.69 Å². The molecular formula is C12H13N2O2S. The van der Waals surface area contributed by atoms with E-state index in [1.807, 2.05) is 31.1 Å². The zero-order chi connectivity index (χ0) is 12.6. The van der Waals surface area contributed by atoms with Crippen LogP contribution in [0.15, 0.2) is 35.2 Å². The first-order valence-electron chi connectivity index (χ1n) is 5.05. The molecule has 17 heavy (non-hydrogen) atoms. The van der Waals surface area contributed by atoms with E-state index in [1.165, 1.54) is 0 Å². The van der Waals surface area contributed by atoms with E-state index in [0.717, 1.165) is 11.1 Å². The number of primary sulfonamides is 1. The molecule has 0 amide bonds. The molecule has 2 N–H and O–H groups in total. The van der Waals surface area contributed by atoms with E-state index < -0.39 is 10.0 Å². The zero-order valence-corrected chi connectivity index (χ0v) is 10.5. The lowest BCUT2D eigenvalue weighted by atomic mass is 10.1. The Bertz CT molecular complexity index is 663. The molecule has 0 spiro atoms. The third-order valence-corrected chi connectivity index (χ3v) is 3.46. The van der Waals surface area contributed by atoms with Crippen molar-refractivity contribution in [3.8, 4) is 0 Å². The van der Waals surface area contributed by atoms with E-state index >= 15 is 0 Å². The van der Waals surface area contributed by atoms with Crippen LogP contribution in [0, 0.1) is 6.07 Å². The number of benzene rings is 2. The fourth-order valence-electron chi connectivity index (χ4n) is 1.80. The molecule has 0 aliphatic rings. The van der Waals surface area contributed by atoms with Gasteiger partial charge in [0.2, 0.25) is 10.0 Å². The Kier molecular flexibility index (Phi) is 2.81. The van der Waals surface area contributed by atoms with Crippen molar-refractivity contribution < 1.29 is 8.42 Å². The van der Waals surface area contributed by atoms with Crippen molar-refractivity contribution in [2.75, 3.05) is 19.0 Å². The van der Waals surface area contributed by atoms with E-state index in [9.17, 15) is 8.42 Å². The average molecular weight is 249 g/mol. The lowest BCUT2D eigenvalue weighted by molar-refractivity contribution is 0.598. The lowest BCUT2D eigenvalue weighted by Crippen LogP contribution is -2.14. The van der Waals surface area contributed by atoms with Crippen molar-refractivity contribution >= 4 is 26.5 Å². The minimum atomic E-state index is -3.75. The summed E-state index contributed by atoms with van der Waals surface area (Å²) in [6.07, 6.45) is 0. The number of nitrogens with two attached hydrogens (primary N) is 1. The molecule has 5 heteroatoms. The smallest absolute Gasteiger partial charge is 0.239 e. The molecule has 0 aliphatic carbocycles. The topological polar surface area (TPSA) is 63.4 Å². The van der Waals surface area contributed by atoms with Gasteiger partial charge in [0.15, 0.2) is 0 Å². The lowest BCUT2D eigenvalue weighted by Gasteiger charge is -2.16. The number of fused-ring (bicyclic) bond motifs is 1. The van der Waals surface area contributed by atoms with Gasteiger partial charge in [-0.2, -0.15) is 0 Å². The zero-order valence-electron chi connectivity index (χ0n) is 9.64. The normalized spacial score (nSPS) is 11.7. The molecule has 0 unspecified atom stereocenters. The Balaban J connectivity index is 2.90. The summed E-state index contributed by atoms with van der Waals surface area (Å²) in [6, 6.07) is 11.6. The Morgan fingerprint density at radius 2 is 1.76 bits per heavy atom. The monoisotopic (exact) mass is 249 g/mol. The number of rotatable bonds is 2. The van der Waals surface area contributed by atoms with Gasteiger partial charge in [0.05, 0.1) is 4.90 Å². The summed E-state index contributed by atoms with van der Waals surface area (Å²) >= 11 is 0. The molecule has 2 aromatic rings. The largest absolute Gasteiger partial charge is 0.377 e. The van der Waals surface area contributed by atoms with Gasteiger partial charge in [-0.15, -0.1) is 0 Å². The maximum absolute atomic E-state index is 11.5. The first-order valence-corrected chi connectivity index (χ1v) is 6.59. The second-order valence-electron chi connectivity index (χ2n) is 3.99. The third-order valence-electron chi connectivity index (χ3n) is 2.55. The summed E-state index contributed by atoms with van der Waals surface area (Å²) in [6.45, 7) is 0. The van der Waals surface area contributed by atoms with Gasteiger partial charge < -0.3 is 4.90 Å². The van der Waals surface area contributed by atoms with Crippen molar-refractivity contribution in [1.29, 1.82) is 0 Å². The van der Waals surface area contributed by atoms with Gasteiger partial charge in [0.1, 0.15) is 0 Å². The quantitative estimate of drug-likeness (QED) is 0.874. The summed E-state index contributed by atoms with van der Waals surface area (Å²) in [5.41, 5.74) is 0.910. The molecule has 4 nitrogen and oxygen atoms in total. The first kappa shape index (κ1) is 11.9. The summed E-state index contributed by atoms with van der Waals surface area (Å²) in [7, 11) is 0.0442. The van der Waals surface area contributed by atoms with E-state index in [1.54, 1.807) is 18.2 Å². The number of sulfonamides is 1. The van der Waals surface area contributed by atoms with Gasteiger partial charge in [-0.3, -0.25) is 0 Å². The van der Waals surface area contributed by atoms with Crippen LogP contribution in [0.2, 0.25) is 0 Å². The molecule has 2 aromatic carbocycles. The second kappa shape index (κ2) is 4.01. The predicted octanol–water partition coefficient (Wildman–Crippen LogP) is 1.35. The average Bonchev–Trinajstić information content (AvgIpc) is 2.26. The molecular weight excluding hydrogens is 236 g/mol. The van der Waals surface area contributed by atoms with Crippen molar-refractivity contribution in [3.63, 3.8) is 0 Å². The minimum Gasteiger partial charge on any atom is -0.377 e. The van der Waals surface area contributed by atoms with Gasteiger partial charge in [-0.25, -0.2) is 13.6 Å². The minimum absolute atomic E-state index is 0.0405. The predicted molar refractivity (Wildman–Crippen MR) is 68.5 cm³/mol. The van der Waals surface area contributed by atoms with Crippen molar-refractivity contribution in [3.05, 3.63) is 36.4 Å². The van der Waals surface area contributed by atoms with Gasteiger partial charge in [0.25, 0.3) is 0 Å². The third kappa shape index (κ3) is 2.11. The van der Waals surface area contributed by atoms with Crippen LogP contribution >= 0.6 is 0 Å². The van der Waals surface area contributed by atoms with Crippen LogP contribution in [-0.4, -0.2) is 22.5 Å². The van der Waals surface area contributed by atoms with E-state index in [4.69, 9.17) is 5.14 Å². The Labute approximate surface area is 101 Å². The maximum Gasteiger partial charge on any atom is 0.239 e. The number of hydrogen-bond acceptors (Lipinski definition) is 3. The number of hydrogen-bond donors (Lipinski definition) is 1. The van der Waals surface area contributed by atoms with Crippen LogP contribution in [0.1, 0.15) is 0 Å². The fourth-order valence-corrected chi connectivity index (χ4v) is 2.51. The van der Waals surface area contributed by atoms with Gasteiger partial charge >= 0.3 is 0 Å². The molecule has 0 atom stereocenters. The standard InChI is InChI=1S/C12H13N2O2S/c1-14(2)11-7-8-12(17(13,15)16)10-6-4-3-5-9(10)11/h3-7H,1-2H3,(H2,13,15,16). The molecule has 2 rings (SSSR count). The molecule has 0 saturated heterocycles. The van der Waals surface area contributed by atoms with Crippen LogP contribution in [-0.2, 0) is 10.0 Å². The first-order chi connectivity index (χ1) is 7.91. The van der Waals surface area contributed by atoms with Crippen LogP contribution < -0.4 is 10.0 Å². The van der Waals surface area contributed by atoms with E-state index in [0.29, 0.717) is 5.39 Å². The highest BCUT2D eigenvalue weighted by atomic mass is 32.2. The second-order valence-corrected chi connectivity index (χ2v) is 5.49. The summed E-state index contributed by atoms with van der Waals surface area (Å²) in [5, 5.41) is 6.62. The Hall–Kier alpha value is -1.59. The Morgan fingerprint density at radius 3 is 2.29 bits per heavy atom. The molecule has 0 heterocycles. The number of nitrogens with zero attached hydrogens (tertiary/aromatic N) is 1. The maximum atomic E-state index is 11.5. The Morgan fingerprint density at radius 1 is 1.18 bits per heavy atom. The van der Waals surface area contributed by atoms with Crippen LogP contribution in [0.5, 0.6) is 0 Å². The van der Waals surface area contributed by atoms with E-state index in [-0.39, 0.29) is 4.90 Å². The van der Waals surface area contributed by atoms with E-state index in [2.05, 4.69) is 6.07 Å². The molecule has 1 radical (unpaired) electrons. The fraction of sp³-hybridized carbons (Fsp3) is 0.167.